The van der Waals surface area contributed by atoms with Gasteiger partial charge < -0.3 is 10.8 Å². The third-order valence-corrected chi connectivity index (χ3v) is 4.46. The van der Waals surface area contributed by atoms with Crippen molar-refractivity contribution in [3.05, 3.63) is 68.2 Å². The molecule has 2 atom stereocenters. The summed E-state index contributed by atoms with van der Waals surface area (Å²) in [4.78, 5) is 0. The van der Waals surface area contributed by atoms with Crippen LogP contribution in [0.25, 0.3) is 0 Å². The molecule has 0 aliphatic heterocycles. The first-order chi connectivity index (χ1) is 9.95. The first kappa shape index (κ1) is 16.6. The molecule has 112 valence electrons. The molecule has 0 aromatic heterocycles. The number of benzene rings is 2. The van der Waals surface area contributed by atoms with Crippen LogP contribution in [0.4, 0.5) is 0 Å². The summed E-state index contributed by atoms with van der Waals surface area (Å²) in [6.07, 6.45) is -0.828. The molecule has 0 aliphatic carbocycles. The minimum atomic E-state index is -0.828. The third-order valence-electron chi connectivity index (χ3n) is 3.57. The quantitative estimate of drug-likeness (QED) is 0.842. The van der Waals surface area contributed by atoms with Crippen molar-refractivity contribution in [3.8, 4) is 0 Å². The van der Waals surface area contributed by atoms with E-state index in [1.165, 1.54) is 0 Å². The molecule has 2 nitrogen and oxygen atoms in total. The maximum absolute atomic E-state index is 10.7. The fraction of sp³-hybridized carbons (Fsp3) is 0.250. The highest BCUT2D eigenvalue weighted by atomic mass is 35.5. The Balaban J connectivity index is 2.48. The fourth-order valence-electron chi connectivity index (χ4n) is 2.42. The summed E-state index contributed by atoms with van der Waals surface area (Å²) in [5.41, 5.74) is 8.19. The van der Waals surface area contributed by atoms with Crippen molar-refractivity contribution in [2.45, 2.75) is 18.9 Å². The summed E-state index contributed by atoms with van der Waals surface area (Å²) in [5, 5.41) is 12.3. The van der Waals surface area contributed by atoms with Crippen LogP contribution in [0, 0.1) is 6.92 Å². The highest BCUT2D eigenvalue weighted by Crippen LogP contribution is 2.39. The Morgan fingerprint density at radius 2 is 1.71 bits per heavy atom. The van der Waals surface area contributed by atoms with Crippen LogP contribution in [0.2, 0.25) is 15.1 Å². The van der Waals surface area contributed by atoms with Crippen LogP contribution in [0.3, 0.4) is 0 Å². The minimum absolute atomic E-state index is 0.219. The van der Waals surface area contributed by atoms with Gasteiger partial charge in [0, 0.05) is 27.5 Å². The van der Waals surface area contributed by atoms with Gasteiger partial charge in [-0.25, -0.2) is 0 Å². The standard InChI is InChI=1S/C16H16Cl3NO/c1-9-5-6-10(17)7-11(9)16(21)12(8-20)15-13(18)3-2-4-14(15)19/h2-7,12,16,21H,8,20H2,1H3. The van der Waals surface area contributed by atoms with Crippen LogP contribution >= 0.6 is 34.8 Å². The lowest BCUT2D eigenvalue weighted by Gasteiger charge is -2.25. The molecule has 5 heteroatoms. The summed E-state index contributed by atoms with van der Waals surface area (Å²) >= 11 is 18.5. The number of aryl methyl sites for hydroxylation is 1. The number of rotatable bonds is 4. The Morgan fingerprint density at radius 1 is 1.10 bits per heavy atom. The van der Waals surface area contributed by atoms with Crippen LogP contribution in [0.15, 0.2) is 36.4 Å². The van der Waals surface area contributed by atoms with Crippen molar-refractivity contribution >= 4 is 34.8 Å². The molecule has 0 bridgehead atoms. The van der Waals surface area contributed by atoms with Crippen LogP contribution in [0.5, 0.6) is 0 Å². The summed E-state index contributed by atoms with van der Waals surface area (Å²) in [7, 11) is 0. The number of nitrogens with two attached hydrogens (primary N) is 1. The molecule has 3 N–H and O–H groups in total. The SMILES string of the molecule is Cc1ccc(Cl)cc1C(O)C(CN)c1c(Cl)cccc1Cl. The van der Waals surface area contributed by atoms with Gasteiger partial charge in [-0.2, -0.15) is 0 Å². The van der Waals surface area contributed by atoms with Crippen molar-refractivity contribution < 1.29 is 5.11 Å². The van der Waals surface area contributed by atoms with E-state index in [4.69, 9.17) is 40.5 Å². The molecule has 2 aromatic rings. The Kier molecular flexibility index (Phi) is 5.53. The fourth-order valence-corrected chi connectivity index (χ4v) is 3.27. The van der Waals surface area contributed by atoms with Gasteiger partial charge >= 0.3 is 0 Å². The summed E-state index contributed by atoms with van der Waals surface area (Å²) in [5.74, 6) is -0.400. The molecule has 0 fully saturated rings. The maximum Gasteiger partial charge on any atom is 0.0874 e. The van der Waals surface area contributed by atoms with Gasteiger partial charge in [0.1, 0.15) is 0 Å². The number of hydrogen-bond acceptors (Lipinski definition) is 2. The van der Waals surface area contributed by atoms with Gasteiger partial charge in [-0.15, -0.1) is 0 Å². The van der Waals surface area contributed by atoms with E-state index in [-0.39, 0.29) is 6.54 Å². The zero-order valence-corrected chi connectivity index (χ0v) is 13.8. The number of hydrogen-bond donors (Lipinski definition) is 2. The Bertz CT molecular complexity index is 625. The monoisotopic (exact) mass is 343 g/mol. The van der Waals surface area contributed by atoms with Crippen LogP contribution < -0.4 is 5.73 Å². The molecule has 0 saturated heterocycles. The predicted molar refractivity (Wildman–Crippen MR) is 89.4 cm³/mol. The molecule has 2 rings (SSSR count). The molecule has 0 heterocycles. The first-order valence-corrected chi connectivity index (χ1v) is 7.67. The summed E-state index contributed by atoms with van der Waals surface area (Å²) in [6.45, 7) is 2.13. The largest absolute Gasteiger partial charge is 0.388 e. The van der Waals surface area contributed by atoms with E-state index in [2.05, 4.69) is 0 Å². The van der Waals surface area contributed by atoms with E-state index in [0.29, 0.717) is 20.6 Å². The predicted octanol–water partition coefficient (Wildman–Crippen LogP) is 4.73. The lowest BCUT2D eigenvalue weighted by atomic mass is 9.87. The molecular weight excluding hydrogens is 329 g/mol. The molecule has 0 saturated carbocycles. The van der Waals surface area contributed by atoms with Gasteiger partial charge in [0.15, 0.2) is 0 Å². The zero-order chi connectivity index (χ0) is 15.6. The average Bonchev–Trinajstić information content (AvgIpc) is 2.45. The Morgan fingerprint density at radius 3 is 2.29 bits per heavy atom. The van der Waals surface area contributed by atoms with Crippen LogP contribution in [-0.2, 0) is 0 Å². The van der Waals surface area contributed by atoms with Gasteiger partial charge in [0.2, 0.25) is 0 Å². The first-order valence-electron chi connectivity index (χ1n) is 6.53. The summed E-state index contributed by atoms with van der Waals surface area (Å²) in [6, 6.07) is 10.6. The zero-order valence-electron chi connectivity index (χ0n) is 11.5. The van der Waals surface area contributed by atoms with Gasteiger partial charge in [-0.1, -0.05) is 46.9 Å². The number of halogens is 3. The second-order valence-electron chi connectivity index (χ2n) is 4.92. The van der Waals surface area contributed by atoms with Gasteiger partial charge in [0.25, 0.3) is 0 Å². The lowest BCUT2D eigenvalue weighted by Crippen LogP contribution is -2.21. The molecule has 0 amide bonds. The van der Waals surface area contributed by atoms with E-state index in [9.17, 15) is 5.11 Å². The lowest BCUT2D eigenvalue weighted by molar-refractivity contribution is 0.147. The van der Waals surface area contributed by atoms with Crippen molar-refractivity contribution in [1.82, 2.24) is 0 Å². The Labute approximate surface area is 139 Å². The van der Waals surface area contributed by atoms with Gasteiger partial charge in [-0.3, -0.25) is 0 Å². The summed E-state index contributed by atoms with van der Waals surface area (Å²) < 4.78 is 0. The molecule has 0 spiro atoms. The van der Waals surface area contributed by atoms with E-state index < -0.39 is 12.0 Å². The smallest absolute Gasteiger partial charge is 0.0874 e. The van der Waals surface area contributed by atoms with Crippen LogP contribution in [0.1, 0.15) is 28.7 Å². The number of aliphatic hydroxyl groups excluding tert-OH is 1. The van der Waals surface area contributed by atoms with Crippen LogP contribution in [-0.4, -0.2) is 11.7 Å². The van der Waals surface area contributed by atoms with Crippen molar-refractivity contribution in [3.63, 3.8) is 0 Å². The van der Waals surface area contributed by atoms with E-state index in [1.807, 2.05) is 13.0 Å². The molecule has 21 heavy (non-hydrogen) atoms. The van der Waals surface area contributed by atoms with Gasteiger partial charge in [0.05, 0.1) is 6.10 Å². The average molecular weight is 345 g/mol. The normalized spacial score (nSPS) is 14.0. The third kappa shape index (κ3) is 3.53. The molecular formula is C16H16Cl3NO. The minimum Gasteiger partial charge on any atom is -0.388 e. The Hall–Kier alpha value is -0.770. The second kappa shape index (κ2) is 6.99. The topological polar surface area (TPSA) is 46.2 Å². The highest BCUT2D eigenvalue weighted by molar-refractivity contribution is 6.36. The van der Waals surface area contributed by atoms with Crippen molar-refractivity contribution in [2.75, 3.05) is 6.54 Å². The maximum atomic E-state index is 10.7. The number of aliphatic hydroxyl groups is 1. The highest BCUT2D eigenvalue weighted by Gasteiger charge is 2.26. The van der Waals surface area contributed by atoms with Gasteiger partial charge in [-0.05, 0) is 47.9 Å². The molecule has 2 aromatic carbocycles. The van der Waals surface area contributed by atoms with E-state index in [1.54, 1.807) is 30.3 Å². The molecule has 0 aliphatic rings. The second-order valence-corrected chi connectivity index (χ2v) is 6.17. The van der Waals surface area contributed by atoms with E-state index in [0.717, 1.165) is 11.1 Å². The van der Waals surface area contributed by atoms with E-state index >= 15 is 0 Å². The van der Waals surface area contributed by atoms with Crippen molar-refractivity contribution in [1.29, 1.82) is 0 Å². The van der Waals surface area contributed by atoms with Crippen molar-refractivity contribution in [2.24, 2.45) is 5.73 Å². The molecule has 0 radical (unpaired) electrons. The molecule has 2 unspecified atom stereocenters.